The highest BCUT2D eigenvalue weighted by Gasteiger charge is 2.40. The molecule has 0 unspecified atom stereocenters. The number of fused-ring (bicyclic) bond motifs is 2. The number of carbonyl (C=O) groups excluding carboxylic acids is 1. The summed E-state index contributed by atoms with van der Waals surface area (Å²) in [7, 11) is 0. The van der Waals surface area contributed by atoms with Gasteiger partial charge in [-0.05, 0) is 54.7 Å². The second-order valence-corrected chi connectivity index (χ2v) is 9.00. The van der Waals surface area contributed by atoms with Gasteiger partial charge in [0.05, 0.1) is 5.75 Å². The fraction of sp³-hybridized carbons (Fsp3) is 0.550. The van der Waals surface area contributed by atoms with Gasteiger partial charge in [-0.3, -0.25) is 9.69 Å². The van der Waals surface area contributed by atoms with E-state index >= 15 is 0 Å². The molecule has 1 saturated heterocycles. The number of benzene rings is 1. The zero-order chi connectivity index (χ0) is 17.4. The molecule has 2 aliphatic rings. The molecule has 1 aromatic carbocycles. The molecular weight excluding hydrogens is 348 g/mol. The molecule has 1 aliphatic carbocycles. The van der Waals surface area contributed by atoms with Crippen LogP contribution in [0.3, 0.4) is 0 Å². The van der Waals surface area contributed by atoms with Gasteiger partial charge in [-0.15, -0.1) is 12.6 Å². The number of hydrogen-bond donors (Lipinski definition) is 2. The molecule has 0 amide bonds. The number of H-pyrrole nitrogens is 1. The van der Waals surface area contributed by atoms with E-state index in [1.54, 1.807) is 11.8 Å². The minimum absolute atomic E-state index is 0.0106. The molecule has 2 aromatic rings. The molecule has 0 spiro atoms. The minimum atomic E-state index is -0.0106. The SMILES string of the molecule is CCCN1C[C@H](CSCC(=O)S)C[C@@H]2c3cccc4[nH]cc(c34)C[C@H]21. The lowest BCUT2D eigenvalue weighted by Crippen LogP contribution is -2.50. The highest BCUT2D eigenvalue weighted by Crippen LogP contribution is 2.45. The number of aromatic amines is 1. The zero-order valence-electron chi connectivity index (χ0n) is 14.7. The first-order chi connectivity index (χ1) is 12.2. The van der Waals surface area contributed by atoms with Crippen molar-refractivity contribution in [2.45, 2.75) is 38.1 Å². The minimum Gasteiger partial charge on any atom is -0.361 e. The predicted molar refractivity (Wildman–Crippen MR) is 110 cm³/mol. The van der Waals surface area contributed by atoms with Gasteiger partial charge in [-0.1, -0.05) is 19.1 Å². The van der Waals surface area contributed by atoms with Crippen LogP contribution in [0.25, 0.3) is 10.9 Å². The van der Waals surface area contributed by atoms with E-state index in [1.165, 1.54) is 48.0 Å². The molecule has 4 rings (SSSR count). The van der Waals surface area contributed by atoms with Gasteiger partial charge in [0.1, 0.15) is 0 Å². The summed E-state index contributed by atoms with van der Waals surface area (Å²) < 4.78 is 0. The van der Waals surface area contributed by atoms with E-state index in [9.17, 15) is 4.79 Å². The van der Waals surface area contributed by atoms with E-state index in [0.717, 1.165) is 12.2 Å². The lowest BCUT2D eigenvalue weighted by molar-refractivity contribution is -0.108. The fourth-order valence-electron chi connectivity index (χ4n) is 4.88. The summed E-state index contributed by atoms with van der Waals surface area (Å²) in [4.78, 5) is 17.3. The second kappa shape index (κ2) is 7.37. The number of rotatable bonds is 6. The van der Waals surface area contributed by atoms with Crippen LogP contribution >= 0.6 is 24.4 Å². The van der Waals surface area contributed by atoms with Crippen molar-refractivity contribution in [1.82, 2.24) is 9.88 Å². The van der Waals surface area contributed by atoms with Crippen molar-refractivity contribution in [3.8, 4) is 0 Å². The lowest BCUT2D eigenvalue weighted by Gasteiger charge is -2.47. The van der Waals surface area contributed by atoms with Crippen LogP contribution in [0, 0.1) is 5.92 Å². The van der Waals surface area contributed by atoms with Crippen molar-refractivity contribution in [1.29, 1.82) is 0 Å². The Hall–Kier alpha value is -0.910. The quantitative estimate of drug-likeness (QED) is 0.748. The largest absolute Gasteiger partial charge is 0.361 e. The van der Waals surface area contributed by atoms with E-state index in [4.69, 9.17) is 0 Å². The van der Waals surface area contributed by atoms with Crippen molar-refractivity contribution in [3.63, 3.8) is 0 Å². The van der Waals surface area contributed by atoms with Crippen LogP contribution in [0.4, 0.5) is 0 Å². The maximum absolute atomic E-state index is 11.1. The Morgan fingerprint density at radius 3 is 3.12 bits per heavy atom. The summed E-state index contributed by atoms with van der Waals surface area (Å²) in [6.45, 7) is 4.61. The molecule has 0 radical (unpaired) electrons. The number of nitrogens with zero attached hydrogens (tertiary/aromatic N) is 1. The van der Waals surface area contributed by atoms with Crippen LogP contribution in [0.5, 0.6) is 0 Å². The van der Waals surface area contributed by atoms with Gasteiger partial charge < -0.3 is 4.98 Å². The van der Waals surface area contributed by atoms with Crippen molar-refractivity contribution in [2.75, 3.05) is 24.6 Å². The predicted octanol–water partition coefficient (Wildman–Crippen LogP) is 4.10. The monoisotopic (exact) mass is 374 g/mol. The van der Waals surface area contributed by atoms with Crippen LogP contribution in [-0.4, -0.2) is 45.6 Å². The van der Waals surface area contributed by atoms with Gasteiger partial charge in [0.25, 0.3) is 0 Å². The molecule has 1 aliphatic heterocycles. The number of carbonyl (C=O) groups is 1. The van der Waals surface area contributed by atoms with E-state index in [2.05, 4.69) is 53.8 Å². The lowest BCUT2D eigenvalue weighted by atomic mass is 9.72. The molecule has 0 bridgehead atoms. The molecule has 1 N–H and O–H groups in total. The van der Waals surface area contributed by atoms with Crippen LogP contribution in [0.1, 0.15) is 36.8 Å². The first-order valence-corrected chi connectivity index (χ1v) is 10.9. The van der Waals surface area contributed by atoms with E-state index in [0.29, 0.717) is 23.6 Å². The third-order valence-electron chi connectivity index (χ3n) is 5.75. The maximum atomic E-state index is 11.1. The van der Waals surface area contributed by atoms with Crippen LogP contribution < -0.4 is 0 Å². The Morgan fingerprint density at radius 1 is 1.44 bits per heavy atom. The number of hydrogen-bond acceptors (Lipinski definition) is 3. The highest BCUT2D eigenvalue weighted by molar-refractivity contribution is 8.04. The normalized spacial score (nSPS) is 25.9. The van der Waals surface area contributed by atoms with Gasteiger partial charge in [0.15, 0.2) is 5.12 Å². The van der Waals surface area contributed by atoms with Crippen molar-refractivity contribution in [2.24, 2.45) is 5.92 Å². The zero-order valence-corrected chi connectivity index (χ0v) is 16.4. The van der Waals surface area contributed by atoms with Gasteiger partial charge >= 0.3 is 0 Å². The Bertz CT molecular complexity index is 772. The van der Waals surface area contributed by atoms with Crippen molar-refractivity contribution < 1.29 is 4.79 Å². The van der Waals surface area contributed by atoms with Crippen LogP contribution in [0.15, 0.2) is 24.4 Å². The molecule has 5 heteroatoms. The van der Waals surface area contributed by atoms with Crippen LogP contribution in [-0.2, 0) is 11.2 Å². The Labute approximate surface area is 159 Å². The molecular formula is C20H26N2OS2. The Kier molecular flexibility index (Phi) is 5.16. The average Bonchev–Trinajstić information content (AvgIpc) is 3.00. The molecule has 3 nitrogen and oxygen atoms in total. The summed E-state index contributed by atoms with van der Waals surface area (Å²) in [6, 6.07) is 7.36. The average molecular weight is 375 g/mol. The summed E-state index contributed by atoms with van der Waals surface area (Å²) in [5.41, 5.74) is 4.30. The van der Waals surface area contributed by atoms with E-state index in [-0.39, 0.29) is 5.12 Å². The second-order valence-electron chi connectivity index (χ2n) is 7.47. The molecule has 25 heavy (non-hydrogen) atoms. The van der Waals surface area contributed by atoms with Gasteiger partial charge in [-0.25, -0.2) is 0 Å². The smallest absolute Gasteiger partial charge is 0.195 e. The number of nitrogens with one attached hydrogen (secondary N) is 1. The summed E-state index contributed by atoms with van der Waals surface area (Å²) in [6.07, 6.45) is 5.82. The number of aromatic nitrogens is 1. The molecule has 0 saturated carbocycles. The Balaban J connectivity index is 1.61. The van der Waals surface area contributed by atoms with Gasteiger partial charge in [0, 0.05) is 35.6 Å². The van der Waals surface area contributed by atoms with Gasteiger partial charge in [-0.2, -0.15) is 11.8 Å². The molecule has 2 heterocycles. The topological polar surface area (TPSA) is 36.1 Å². The van der Waals surface area contributed by atoms with E-state index in [1.807, 2.05) is 0 Å². The number of thioether (sulfide) groups is 1. The summed E-state index contributed by atoms with van der Waals surface area (Å²) >= 11 is 5.65. The molecule has 134 valence electrons. The third kappa shape index (κ3) is 3.38. The summed E-state index contributed by atoms with van der Waals surface area (Å²) in [5, 5.41) is 1.46. The summed E-state index contributed by atoms with van der Waals surface area (Å²) in [5.74, 6) is 2.86. The standard InChI is InChI=1S/C20H26N2OS2/c1-2-6-22-10-13(11-25-12-19(23)24)7-16-15-4-3-5-17-20(15)14(9-21-17)8-18(16)22/h3-5,9,13,16,18,21H,2,6-8,10-12H2,1H3,(H,23,24)/t13-,16-,18-/m1/s1. The fourth-order valence-corrected chi connectivity index (χ4v) is 6.02. The number of thiol groups is 1. The first kappa shape index (κ1) is 17.5. The van der Waals surface area contributed by atoms with Gasteiger partial charge in [0.2, 0.25) is 0 Å². The van der Waals surface area contributed by atoms with Crippen LogP contribution in [0.2, 0.25) is 0 Å². The molecule has 3 atom stereocenters. The highest BCUT2D eigenvalue weighted by atomic mass is 32.2. The van der Waals surface area contributed by atoms with E-state index < -0.39 is 0 Å². The number of piperidine rings is 1. The Morgan fingerprint density at radius 2 is 2.32 bits per heavy atom. The first-order valence-electron chi connectivity index (χ1n) is 9.29. The number of likely N-dealkylation sites (tertiary alicyclic amines) is 1. The molecule has 1 fully saturated rings. The van der Waals surface area contributed by atoms with Crippen molar-refractivity contribution in [3.05, 3.63) is 35.5 Å². The third-order valence-corrected chi connectivity index (χ3v) is 7.30. The maximum Gasteiger partial charge on any atom is 0.195 e. The molecule has 1 aromatic heterocycles. The van der Waals surface area contributed by atoms with Crippen molar-refractivity contribution >= 4 is 40.4 Å².